The highest BCUT2D eigenvalue weighted by Crippen LogP contribution is 2.20. The van der Waals surface area contributed by atoms with E-state index in [2.05, 4.69) is 4.98 Å². The number of amides is 1. The van der Waals surface area contributed by atoms with Crippen LogP contribution in [0.3, 0.4) is 0 Å². The second kappa shape index (κ2) is 12.5. The number of H-pyrrole nitrogens is 1. The number of rotatable bonds is 10. The lowest BCUT2D eigenvalue weighted by atomic mass is 10.2. The number of sulfonamides is 1. The van der Waals surface area contributed by atoms with E-state index in [1.807, 2.05) is 62.9 Å². The number of nitrogens with zero attached hydrogens (tertiary/aromatic N) is 4. The molecule has 0 radical (unpaired) electrons. The van der Waals surface area contributed by atoms with E-state index in [1.165, 1.54) is 19.2 Å². The summed E-state index contributed by atoms with van der Waals surface area (Å²) in [6.45, 7) is 9.40. The van der Waals surface area contributed by atoms with Crippen LogP contribution in [0.4, 0.5) is 11.5 Å². The van der Waals surface area contributed by atoms with Crippen LogP contribution in [0.5, 0.6) is 0 Å². The van der Waals surface area contributed by atoms with Crippen LogP contribution >= 0.6 is 0 Å². The van der Waals surface area contributed by atoms with E-state index >= 15 is 0 Å². The van der Waals surface area contributed by atoms with Crippen LogP contribution in [0.15, 0.2) is 45.3 Å². The molecule has 0 saturated carbocycles. The molecule has 11 nitrogen and oxygen atoms in total. The Morgan fingerprint density at radius 3 is 2.26 bits per heavy atom. The minimum atomic E-state index is -3.60. The molecule has 12 heteroatoms. The number of anilines is 2. The number of carbonyl (C=O) groups excluding carboxylic acids is 1. The van der Waals surface area contributed by atoms with Crippen LogP contribution in [-0.4, -0.2) is 72.3 Å². The molecule has 1 aromatic carbocycles. The largest absolute Gasteiger partial charge is 0.383 e. The lowest BCUT2D eigenvalue weighted by Crippen LogP contribution is -2.52. The zero-order valence-electron chi connectivity index (χ0n) is 22.5. The first-order chi connectivity index (χ1) is 17.9. The van der Waals surface area contributed by atoms with Gasteiger partial charge in [-0.3, -0.25) is 24.0 Å². The third kappa shape index (κ3) is 7.42. The first-order valence-corrected chi connectivity index (χ1v) is 14.3. The van der Waals surface area contributed by atoms with Gasteiger partial charge in [-0.05, 0) is 23.5 Å². The molecule has 38 heavy (non-hydrogen) atoms. The minimum absolute atomic E-state index is 0.0113. The second-order valence-electron chi connectivity index (χ2n) is 10.3. The molecule has 1 aliphatic rings. The SMILES string of the molecule is CC(C)CN(C(=O)CN1CCN(S(=O)(=O)C=Cc2ccccc2)CC1)c1c(N)n(CC(C)C)c(=O)[nH]c1=O. The zero-order valence-corrected chi connectivity index (χ0v) is 23.3. The van der Waals surface area contributed by atoms with Crippen molar-refractivity contribution in [2.45, 2.75) is 34.2 Å². The summed E-state index contributed by atoms with van der Waals surface area (Å²) in [6, 6.07) is 9.19. The molecule has 3 N–H and O–H groups in total. The standard InChI is InChI=1S/C26H38N6O5S/c1-19(2)16-31(23-24(27)32(17-20(3)4)26(35)28-25(23)34)22(33)18-29-11-13-30(14-12-29)38(36,37)15-10-21-8-6-5-7-9-21/h5-10,15,19-20H,11-14,16-18,27H2,1-4H3,(H,28,34,35). The van der Waals surface area contributed by atoms with Gasteiger partial charge in [0.15, 0.2) is 5.69 Å². The lowest BCUT2D eigenvalue weighted by molar-refractivity contribution is -0.120. The summed E-state index contributed by atoms with van der Waals surface area (Å²) in [4.78, 5) is 44.1. The lowest BCUT2D eigenvalue weighted by Gasteiger charge is -2.34. The van der Waals surface area contributed by atoms with Gasteiger partial charge in [-0.15, -0.1) is 0 Å². The highest BCUT2D eigenvalue weighted by molar-refractivity contribution is 7.92. The molecule has 0 bridgehead atoms. The average Bonchev–Trinajstić information content (AvgIpc) is 2.85. The van der Waals surface area contributed by atoms with Crippen LogP contribution < -0.4 is 21.9 Å². The molecule has 3 rings (SSSR count). The van der Waals surface area contributed by atoms with E-state index in [4.69, 9.17) is 5.73 Å². The van der Waals surface area contributed by atoms with Gasteiger partial charge in [0.25, 0.3) is 5.56 Å². The van der Waals surface area contributed by atoms with Gasteiger partial charge in [0.05, 0.1) is 6.54 Å². The number of benzene rings is 1. The molecule has 1 aliphatic heterocycles. The van der Waals surface area contributed by atoms with Crippen molar-refractivity contribution < 1.29 is 13.2 Å². The number of nitrogens with one attached hydrogen (secondary N) is 1. The summed E-state index contributed by atoms with van der Waals surface area (Å²) in [6.07, 6.45) is 1.57. The van der Waals surface area contributed by atoms with Crippen molar-refractivity contribution in [1.82, 2.24) is 18.8 Å². The Labute approximate surface area is 223 Å². The topological polar surface area (TPSA) is 142 Å². The Hall–Kier alpha value is -3.22. The van der Waals surface area contributed by atoms with Crippen molar-refractivity contribution in [1.29, 1.82) is 0 Å². The Morgan fingerprint density at radius 2 is 1.68 bits per heavy atom. The van der Waals surface area contributed by atoms with Gasteiger partial charge in [-0.1, -0.05) is 58.0 Å². The van der Waals surface area contributed by atoms with Crippen LogP contribution in [0.25, 0.3) is 6.08 Å². The molecule has 1 fully saturated rings. The molecule has 1 saturated heterocycles. The molecule has 0 atom stereocenters. The number of aromatic amines is 1. The van der Waals surface area contributed by atoms with Crippen molar-refractivity contribution in [3.05, 3.63) is 62.1 Å². The molecule has 0 spiro atoms. The average molecular weight is 547 g/mol. The highest BCUT2D eigenvalue weighted by Gasteiger charge is 2.30. The van der Waals surface area contributed by atoms with Crippen molar-refractivity contribution in [3.63, 3.8) is 0 Å². The molecule has 208 valence electrons. The number of aromatic nitrogens is 2. The van der Waals surface area contributed by atoms with Crippen molar-refractivity contribution in [3.8, 4) is 0 Å². The number of carbonyl (C=O) groups is 1. The fourth-order valence-corrected chi connectivity index (χ4v) is 5.47. The second-order valence-corrected chi connectivity index (χ2v) is 12.1. The summed E-state index contributed by atoms with van der Waals surface area (Å²) in [5, 5.41) is 1.20. The van der Waals surface area contributed by atoms with Crippen LogP contribution in [0.2, 0.25) is 0 Å². The first kappa shape index (κ1) is 29.3. The molecular formula is C26H38N6O5S. The predicted molar refractivity (Wildman–Crippen MR) is 150 cm³/mol. The number of hydrogen-bond donors (Lipinski definition) is 2. The quantitative estimate of drug-likeness (QED) is 0.459. The Balaban J connectivity index is 1.73. The van der Waals surface area contributed by atoms with E-state index in [1.54, 1.807) is 6.08 Å². The van der Waals surface area contributed by atoms with Gasteiger partial charge < -0.3 is 10.6 Å². The van der Waals surface area contributed by atoms with Crippen LogP contribution in [-0.2, 0) is 21.4 Å². The van der Waals surface area contributed by atoms with Gasteiger partial charge in [0, 0.05) is 44.7 Å². The van der Waals surface area contributed by atoms with Crippen molar-refractivity contribution in [2.75, 3.05) is 49.9 Å². The summed E-state index contributed by atoms with van der Waals surface area (Å²) in [5.74, 6) is -0.256. The molecule has 1 amide bonds. The van der Waals surface area contributed by atoms with Crippen molar-refractivity contribution in [2.24, 2.45) is 11.8 Å². The zero-order chi connectivity index (χ0) is 28.0. The normalized spacial score (nSPS) is 15.5. The third-order valence-corrected chi connectivity index (χ3v) is 7.73. The first-order valence-electron chi connectivity index (χ1n) is 12.8. The predicted octanol–water partition coefficient (Wildman–Crippen LogP) is 1.38. The Morgan fingerprint density at radius 1 is 1.05 bits per heavy atom. The smallest absolute Gasteiger partial charge is 0.330 e. The highest BCUT2D eigenvalue weighted by atomic mass is 32.2. The molecule has 1 aromatic heterocycles. The Kier molecular flexibility index (Phi) is 9.69. The summed E-state index contributed by atoms with van der Waals surface area (Å²) >= 11 is 0. The number of hydrogen-bond acceptors (Lipinski definition) is 7. The molecule has 2 aromatic rings. The van der Waals surface area contributed by atoms with E-state index in [0.29, 0.717) is 19.6 Å². The summed E-state index contributed by atoms with van der Waals surface area (Å²) in [7, 11) is -3.60. The number of piperazine rings is 1. The van der Waals surface area contributed by atoms with E-state index in [0.717, 1.165) is 5.56 Å². The number of nitrogens with two attached hydrogens (primary N) is 1. The summed E-state index contributed by atoms with van der Waals surface area (Å²) < 4.78 is 28.2. The molecule has 0 aliphatic carbocycles. The molecule has 0 unspecified atom stereocenters. The van der Waals surface area contributed by atoms with Gasteiger partial charge in [0.2, 0.25) is 15.9 Å². The maximum Gasteiger partial charge on any atom is 0.330 e. The van der Waals surface area contributed by atoms with E-state index in [9.17, 15) is 22.8 Å². The van der Waals surface area contributed by atoms with Gasteiger partial charge in [-0.25, -0.2) is 13.2 Å². The van der Waals surface area contributed by atoms with Gasteiger partial charge >= 0.3 is 5.69 Å². The van der Waals surface area contributed by atoms with Crippen molar-refractivity contribution >= 4 is 33.5 Å². The molecular weight excluding hydrogens is 508 g/mol. The third-order valence-electron chi connectivity index (χ3n) is 6.16. The maximum atomic E-state index is 13.5. The van der Waals surface area contributed by atoms with Gasteiger partial charge in [0.1, 0.15) is 5.82 Å². The summed E-state index contributed by atoms with van der Waals surface area (Å²) in [5.41, 5.74) is 5.72. The number of nitrogen functional groups attached to an aromatic ring is 1. The fourth-order valence-electron chi connectivity index (χ4n) is 4.30. The monoisotopic (exact) mass is 546 g/mol. The van der Waals surface area contributed by atoms with E-state index in [-0.39, 0.29) is 55.4 Å². The van der Waals surface area contributed by atoms with E-state index < -0.39 is 21.3 Å². The Bertz CT molecular complexity index is 1360. The van der Waals surface area contributed by atoms with Gasteiger partial charge in [-0.2, -0.15) is 4.31 Å². The minimum Gasteiger partial charge on any atom is -0.383 e. The molecule has 2 heterocycles. The van der Waals surface area contributed by atoms with Crippen LogP contribution in [0.1, 0.15) is 33.3 Å². The fraction of sp³-hybridized carbons (Fsp3) is 0.500. The maximum absolute atomic E-state index is 13.5. The van der Waals surface area contributed by atoms with Crippen LogP contribution in [0, 0.1) is 11.8 Å².